The van der Waals surface area contributed by atoms with Crippen molar-refractivity contribution < 1.29 is 14.6 Å². The highest BCUT2D eigenvalue weighted by Gasteiger charge is 2.25. The molecular formula is C13H17ClN2O3. The summed E-state index contributed by atoms with van der Waals surface area (Å²) in [6.07, 6.45) is 0.184. The standard InChI is InChI=1S/C13H17ClN2O3/c1-8-5-11(12(19-2)6-10(8)14)15-13(18)16-4-3-9(17)7-16/h5-6,9,17H,3-4,7H2,1-2H3,(H,15,18)/t9-/m0/s1. The van der Waals surface area contributed by atoms with E-state index in [1.807, 2.05) is 6.92 Å². The van der Waals surface area contributed by atoms with Crippen molar-refractivity contribution in [1.82, 2.24) is 4.90 Å². The minimum atomic E-state index is -0.431. The Balaban J connectivity index is 2.14. The number of hydrogen-bond donors (Lipinski definition) is 2. The van der Waals surface area contributed by atoms with Crippen molar-refractivity contribution in [2.45, 2.75) is 19.4 Å². The Morgan fingerprint density at radius 3 is 2.89 bits per heavy atom. The second-order valence-electron chi connectivity index (χ2n) is 4.62. The van der Waals surface area contributed by atoms with E-state index >= 15 is 0 Å². The number of rotatable bonds is 2. The van der Waals surface area contributed by atoms with E-state index < -0.39 is 6.10 Å². The fourth-order valence-corrected chi connectivity index (χ4v) is 2.20. The lowest BCUT2D eigenvalue weighted by atomic mass is 10.2. The van der Waals surface area contributed by atoms with Crippen molar-refractivity contribution in [3.05, 3.63) is 22.7 Å². The highest BCUT2D eigenvalue weighted by Crippen LogP contribution is 2.31. The first kappa shape index (κ1) is 14.0. The summed E-state index contributed by atoms with van der Waals surface area (Å²) in [5, 5.41) is 12.8. The molecule has 0 radical (unpaired) electrons. The van der Waals surface area contributed by atoms with Crippen molar-refractivity contribution in [3.8, 4) is 5.75 Å². The fraction of sp³-hybridized carbons (Fsp3) is 0.462. The van der Waals surface area contributed by atoms with Crippen LogP contribution in [-0.4, -0.2) is 42.3 Å². The molecule has 0 spiro atoms. The Bertz CT molecular complexity index is 493. The highest BCUT2D eigenvalue weighted by atomic mass is 35.5. The van der Waals surface area contributed by atoms with Crippen LogP contribution in [0.1, 0.15) is 12.0 Å². The zero-order valence-electron chi connectivity index (χ0n) is 10.9. The smallest absolute Gasteiger partial charge is 0.322 e. The van der Waals surface area contributed by atoms with Crippen LogP contribution in [0.15, 0.2) is 12.1 Å². The zero-order valence-corrected chi connectivity index (χ0v) is 11.7. The normalized spacial score (nSPS) is 18.5. The molecule has 1 aliphatic rings. The van der Waals surface area contributed by atoms with Gasteiger partial charge in [0.15, 0.2) is 0 Å². The van der Waals surface area contributed by atoms with Crippen LogP contribution in [0.5, 0.6) is 5.75 Å². The van der Waals surface area contributed by atoms with Gasteiger partial charge in [-0.15, -0.1) is 0 Å². The number of carbonyl (C=O) groups is 1. The number of urea groups is 1. The Labute approximate surface area is 117 Å². The first-order chi connectivity index (χ1) is 9.01. The molecule has 1 fully saturated rings. The van der Waals surface area contributed by atoms with E-state index in [1.54, 1.807) is 17.0 Å². The molecule has 0 unspecified atom stereocenters. The van der Waals surface area contributed by atoms with Gasteiger partial charge in [-0.2, -0.15) is 0 Å². The predicted molar refractivity (Wildman–Crippen MR) is 74.0 cm³/mol. The van der Waals surface area contributed by atoms with Crippen LogP contribution in [0.25, 0.3) is 0 Å². The van der Waals surface area contributed by atoms with Gasteiger partial charge < -0.3 is 20.1 Å². The summed E-state index contributed by atoms with van der Waals surface area (Å²) in [6.45, 7) is 2.78. The maximum atomic E-state index is 12.0. The number of nitrogens with zero attached hydrogens (tertiary/aromatic N) is 1. The summed E-state index contributed by atoms with van der Waals surface area (Å²) < 4.78 is 5.20. The lowest BCUT2D eigenvalue weighted by Gasteiger charge is -2.18. The van der Waals surface area contributed by atoms with E-state index in [0.29, 0.717) is 36.0 Å². The SMILES string of the molecule is COc1cc(Cl)c(C)cc1NC(=O)N1CC[C@H](O)C1. The number of amides is 2. The van der Waals surface area contributed by atoms with Gasteiger partial charge in [0.05, 0.1) is 18.9 Å². The molecule has 0 aromatic heterocycles. The van der Waals surface area contributed by atoms with Gasteiger partial charge in [-0.05, 0) is 25.0 Å². The van der Waals surface area contributed by atoms with E-state index in [0.717, 1.165) is 5.56 Å². The largest absolute Gasteiger partial charge is 0.495 e. The number of carbonyl (C=O) groups excluding carboxylic acids is 1. The molecule has 1 heterocycles. The predicted octanol–water partition coefficient (Wildman–Crippen LogP) is 2.26. The summed E-state index contributed by atoms with van der Waals surface area (Å²) in [6, 6.07) is 3.20. The Kier molecular flexibility index (Phi) is 4.17. The van der Waals surface area contributed by atoms with Crippen LogP contribution in [0.2, 0.25) is 5.02 Å². The zero-order chi connectivity index (χ0) is 14.0. The summed E-state index contributed by atoms with van der Waals surface area (Å²) in [5.74, 6) is 0.517. The summed E-state index contributed by atoms with van der Waals surface area (Å²) in [5.41, 5.74) is 1.44. The quantitative estimate of drug-likeness (QED) is 0.876. The highest BCUT2D eigenvalue weighted by molar-refractivity contribution is 6.31. The number of hydrogen-bond acceptors (Lipinski definition) is 3. The summed E-state index contributed by atoms with van der Waals surface area (Å²) in [7, 11) is 1.52. The molecule has 0 saturated carbocycles. The fourth-order valence-electron chi connectivity index (χ4n) is 2.05. The Morgan fingerprint density at radius 2 is 2.32 bits per heavy atom. The second kappa shape index (κ2) is 5.67. The first-order valence-electron chi connectivity index (χ1n) is 6.09. The number of benzene rings is 1. The molecule has 104 valence electrons. The van der Waals surface area contributed by atoms with Gasteiger partial charge in [0.2, 0.25) is 0 Å². The first-order valence-corrected chi connectivity index (χ1v) is 6.47. The maximum Gasteiger partial charge on any atom is 0.322 e. The molecule has 2 N–H and O–H groups in total. The molecule has 2 amide bonds. The van der Waals surface area contributed by atoms with Crippen LogP contribution < -0.4 is 10.1 Å². The third kappa shape index (κ3) is 3.11. The maximum absolute atomic E-state index is 12.0. The van der Waals surface area contributed by atoms with Crippen LogP contribution in [0.4, 0.5) is 10.5 Å². The molecule has 1 aromatic rings. The summed E-state index contributed by atoms with van der Waals surface area (Å²) >= 11 is 6.01. The van der Waals surface area contributed by atoms with Crippen molar-refractivity contribution in [2.75, 3.05) is 25.5 Å². The van der Waals surface area contributed by atoms with E-state index in [9.17, 15) is 9.90 Å². The van der Waals surface area contributed by atoms with E-state index in [2.05, 4.69) is 5.32 Å². The molecule has 0 bridgehead atoms. The van der Waals surface area contributed by atoms with Gasteiger partial charge in [0.1, 0.15) is 5.75 Å². The lowest BCUT2D eigenvalue weighted by molar-refractivity contribution is 0.176. The third-order valence-corrected chi connectivity index (χ3v) is 3.58. The molecule has 1 aliphatic heterocycles. The van der Waals surface area contributed by atoms with Crippen molar-refractivity contribution in [2.24, 2.45) is 0 Å². The van der Waals surface area contributed by atoms with Crippen molar-refractivity contribution in [1.29, 1.82) is 0 Å². The van der Waals surface area contributed by atoms with Gasteiger partial charge in [0, 0.05) is 24.2 Å². The minimum absolute atomic E-state index is 0.239. The molecule has 1 saturated heterocycles. The van der Waals surface area contributed by atoms with E-state index in [4.69, 9.17) is 16.3 Å². The number of aliphatic hydroxyl groups excluding tert-OH is 1. The van der Waals surface area contributed by atoms with Crippen molar-refractivity contribution >= 4 is 23.3 Å². The number of anilines is 1. The molecule has 19 heavy (non-hydrogen) atoms. The number of aliphatic hydroxyl groups is 1. The molecule has 1 atom stereocenters. The number of methoxy groups -OCH3 is 1. The van der Waals surface area contributed by atoms with E-state index in [-0.39, 0.29) is 6.03 Å². The van der Waals surface area contributed by atoms with Gasteiger partial charge in [-0.3, -0.25) is 0 Å². The van der Waals surface area contributed by atoms with Crippen LogP contribution >= 0.6 is 11.6 Å². The van der Waals surface area contributed by atoms with Gasteiger partial charge in [-0.1, -0.05) is 11.6 Å². The average molecular weight is 285 g/mol. The van der Waals surface area contributed by atoms with Gasteiger partial charge >= 0.3 is 6.03 Å². The summed E-state index contributed by atoms with van der Waals surface area (Å²) in [4.78, 5) is 13.6. The Morgan fingerprint density at radius 1 is 1.58 bits per heavy atom. The molecule has 6 heteroatoms. The average Bonchev–Trinajstić information content (AvgIpc) is 2.80. The third-order valence-electron chi connectivity index (χ3n) is 3.17. The number of halogens is 1. The van der Waals surface area contributed by atoms with Gasteiger partial charge in [0.25, 0.3) is 0 Å². The van der Waals surface area contributed by atoms with Gasteiger partial charge in [-0.25, -0.2) is 4.79 Å². The van der Waals surface area contributed by atoms with Crippen LogP contribution in [0.3, 0.4) is 0 Å². The van der Waals surface area contributed by atoms with Crippen LogP contribution in [0, 0.1) is 6.92 Å². The molecule has 1 aromatic carbocycles. The lowest BCUT2D eigenvalue weighted by Crippen LogP contribution is -2.33. The number of likely N-dealkylation sites (tertiary alicyclic amines) is 1. The Hall–Kier alpha value is -1.46. The number of β-amino-alcohol motifs (C(OH)–C–C–N with tert-alkyl or cyclic N) is 1. The molecule has 2 rings (SSSR count). The minimum Gasteiger partial charge on any atom is -0.495 e. The van der Waals surface area contributed by atoms with E-state index in [1.165, 1.54) is 7.11 Å². The monoisotopic (exact) mass is 284 g/mol. The second-order valence-corrected chi connectivity index (χ2v) is 5.03. The number of ether oxygens (including phenoxy) is 1. The number of nitrogens with one attached hydrogen (secondary N) is 1. The van der Waals surface area contributed by atoms with Crippen LogP contribution in [-0.2, 0) is 0 Å². The van der Waals surface area contributed by atoms with Crippen molar-refractivity contribution in [3.63, 3.8) is 0 Å². The number of aryl methyl sites for hydroxylation is 1. The molecule has 5 nitrogen and oxygen atoms in total. The molecule has 0 aliphatic carbocycles. The topological polar surface area (TPSA) is 61.8 Å². The molecular weight excluding hydrogens is 268 g/mol.